The van der Waals surface area contributed by atoms with E-state index in [2.05, 4.69) is 27.6 Å². The van der Waals surface area contributed by atoms with Crippen LogP contribution in [0.3, 0.4) is 0 Å². The third-order valence-electron chi connectivity index (χ3n) is 4.68. The maximum absolute atomic E-state index is 12.8. The zero-order valence-corrected chi connectivity index (χ0v) is 14.0. The van der Waals surface area contributed by atoms with E-state index in [1.165, 1.54) is 11.1 Å². The molecular weight excluding hydrogens is 314 g/mol. The average molecular weight is 333 g/mol. The van der Waals surface area contributed by atoms with Gasteiger partial charge in [-0.05, 0) is 36.1 Å². The summed E-state index contributed by atoms with van der Waals surface area (Å²) < 4.78 is 5.27. The van der Waals surface area contributed by atoms with Crippen LogP contribution in [0.2, 0.25) is 0 Å². The van der Waals surface area contributed by atoms with Gasteiger partial charge in [-0.1, -0.05) is 36.4 Å². The van der Waals surface area contributed by atoms with Crippen molar-refractivity contribution >= 4 is 5.91 Å². The van der Waals surface area contributed by atoms with Crippen LogP contribution >= 0.6 is 0 Å². The van der Waals surface area contributed by atoms with Gasteiger partial charge in [0.25, 0.3) is 5.91 Å². The number of carbonyl (C=O) groups excluding carboxylic acids is 1. The molecule has 0 bridgehead atoms. The van der Waals surface area contributed by atoms with Crippen LogP contribution in [0.25, 0.3) is 11.3 Å². The summed E-state index contributed by atoms with van der Waals surface area (Å²) in [6, 6.07) is 15.9. The number of H-pyrrole nitrogens is 1. The number of benzene rings is 2. The lowest BCUT2D eigenvalue weighted by atomic mass is 10.1. The van der Waals surface area contributed by atoms with E-state index in [0.717, 1.165) is 24.2 Å². The van der Waals surface area contributed by atoms with Crippen LogP contribution in [0.5, 0.6) is 5.75 Å². The fourth-order valence-corrected chi connectivity index (χ4v) is 3.40. The Labute approximate surface area is 146 Å². The van der Waals surface area contributed by atoms with Crippen molar-refractivity contribution in [2.75, 3.05) is 7.11 Å². The first-order valence-electron chi connectivity index (χ1n) is 8.32. The van der Waals surface area contributed by atoms with Crippen LogP contribution in [0.15, 0.2) is 54.7 Å². The number of aromatic nitrogens is 2. The van der Waals surface area contributed by atoms with E-state index in [1.807, 2.05) is 36.4 Å². The standard InChI is InChI=1S/C20H19N3O2/c1-25-15-7-4-6-14(11-15)19-17(12-21-23-19)20(24)22-18-10-9-13-5-2-3-8-16(13)18/h2-8,11-12,18H,9-10H2,1H3,(H,21,23)(H,22,24)/t18-/m0/s1. The van der Waals surface area contributed by atoms with Crippen molar-refractivity contribution in [3.8, 4) is 17.0 Å². The van der Waals surface area contributed by atoms with Gasteiger partial charge in [0, 0.05) is 5.56 Å². The van der Waals surface area contributed by atoms with E-state index in [4.69, 9.17) is 4.74 Å². The molecular formula is C20H19N3O2. The molecule has 5 heteroatoms. The van der Waals surface area contributed by atoms with Crippen LogP contribution in [-0.4, -0.2) is 23.2 Å². The molecule has 0 unspecified atom stereocenters. The third kappa shape index (κ3) is 2.89. The molecule has 1 aliphatic rings. The van der Waals surface area contributed by atoms with Gasteiger partial charge in [0.2, 0.25) is 0 Å². The number of nitrogens with zero attached hydrogens (tertiary/aromatic N) is 1. The number of nitrogens with one attached hydrogen (secondary N) is 2. The van der Waals surface area contributed by atoms with E-state index in [0.29, 0.717) is 11.3 Å². The summed E-state index contributed by atoms with van der Waals surface area (Å²) in [5, 5.41) is 10.1. The molecule has 4 rings (SSSR count). The molecule has 1 aliphatic carbocycles. The molecule has 0 saturated heterocycles. The molecule has 2 aromatic carbocycles. The van der Waals surface area contributed by atoms with Crippen LogP contribution in [-0.2, 0) is 6.42 Å². The van der Waals surface area contributed by atoms with Crippen molar-refractivity contribution in [1.29, 1.82) is 0 Å². The van der Waals surface area contributed by atoms with Crippen molar-refractivity contribution in [3.63, 3.8) is 0 Å². The topological polar surface area (TPSA) is 67.0 Å². The smallest absolute Gasteiger partial charge is 0.255 e. The number of hydrogen-bond donors (Lipinski definition) is 2. The van der Waals surface area contributed by atoms with Crippen LogP contribution in [0.4, 0.5) is 0 Å². The second-order valence-corrected chi connectivity index (χ2v) is 6.15. The van der Waals surface area contributed by atoms with Gasteiger partial charge in [-0.15, -0.1) is 0 Å². The maximum atomic E-state index is 12.8. The average Bonchev–Trinajstić information content (AvgIpc) is 3.29. The zero-order valence-electron chi connectivity index (χ0n) is 14.0. The number of carbonyl (C=O) groups is 1. The SMILES string of the molecule is COc1cccc(-c2[nH]ncc2C(=O)N[C@H]2CCc3ccccc32)c1. The molecule has 1 atom stereocenters. The second-order valence-electron chi connectivity index (χ2n) is 6.15. The van der Waals surface area contributed by atoms with Gasteiger partial charge in [0.1, 0.15) is 5.75 Å². The number of ether oxygens (including phenoxy) is 1. The van der Waals surface area contributed by atoms with Gasteiger partial charge in [-0.3, -0.25) is 9.89 Å². The fraction of sp³-hybridized carbons (Fsp3) is 0.200. The highest BCUT2D eigenvalue weighted by molar-refractivity contribution is 6.00. The second kappa shape index (κ2) is 6.43. The van der Waals surface area contributed by atoms with Crippen LogP contribution in [0.1, 0.15) is 33.9 Å². The predicted molar refractivity (Wildman–Crippen MR) is 95.5 cm³/mol. The number of aromatic amines is 1. The highest BCUT2D eigenvalue weighted by Crippen LogP contribution is 2.31. The van der Waals surface area contributed by atoms with Crippen molar-refractivity contribution in [2.45, 2.75) is 18.9 Å². The van der Waals surface area contributed by atoms with Gasteiger partial charge < -0.3 is 10.1 Å². The number of amides is 1. The lowest BCUT2D eigenvalue weighted by Gasteiger charge is -2.14. The minimum Gasteiger partial charge on any atom is -0.497 e. The predicted octanol–water partition coefficient (Wildman–Crippen LogP) is 3.50. The van der Waals surface area contributed by atoms with E-state index in [1.54, 1.807) is 13.3 Å². The summed E-state index contributed by atoms with van der Waals surface area (Å²) in [6.45, 7) is 0. The van der Waals surface area contributed by atoms with Gasteiger partial charge in [0.05, 0.1) is 30.6 Å². The molecule has 2 N–H and O–H groups in total. The fourth-order valence-electron chi connectivity index (χ4n) is 3.40. The Morgan fingerprint density at radius 2 is 2.12 bits per heavy atom. The first-order valence-corrected chi connectivity index (χ1v) is 8.32. The van der Waals surface area contributed by atoms with E-state index in [9.17, 15) is 4.79 Å². The van der Waals surface area contributed by atoms with Crippen LogP contribution in [0, 0.1) is 0 Å². The Balaban J connectivity index is 1.59. The zero-order chi connectivity index (χ0) is 17.2. The summed E-state index contributed by atoms with van der Waals surface area (Å²) in [5.41, 5.74) is 4.63. The number of hydrogen-bond acceptors (Lipinski definition) is 3. The molecule has 0 aliphatic heterocycles. The molecule has 1 heterocycles. The summed E-state index contributed by atoms with van der Waals surface area (Å²) in [7, 11) is 1.62. The Morgan fingerprint density at radius 1 is 1.24 bits per heavy atom. The number of rotatable bonds is 4. The molecule has 1 amide bonds. The van der Waals surface area contributed by atoms with Crippen molar-refractivity contribution in [2.24, 2.45) is 0 Å². The molecule has 0 saturated carbocycles. The Bertz CT molecular complexity index is 917. The molecule has 126 valence electrons. The van der Waals surface area contributed by atoms with E-state index < -0.39 is 0 Å². The number of aryl methyl sites for hydroxylation is 1. The van der Waals surface area contributed by atoms with Gasteiger partial charge in [0.15, 0.2) is 0 Å². The minimum absolute atomic E-state index is 0.0526. The van der Waals surface area contributed by atoms with E-state index >= 15 is 0 Å². The summed E-state index contributed by atoms with van der Waals surface area (Å²) in [5.74, 6) is 0.622. The molecule has 3 aromatic rings. The normalized spacial score (nSPS) is 15.6. The highest BCUT2D eigenvalue weighted by atomic mass is 16.5. The van der Waals surface area contributed by atoms with Crippen molar-refractivity contribution in [3.05, 3.63) is 71.4 Å². The molecule has 1 aromatic heterocycles. The first-order chi connectivity index (χ1) is 12.3. The van der Waals surface area contributed by atoms with Gasteiger partial charge in [-0.25, -0.2) is 0 Å². The molecule has 0 fully saturated rings. The Kier molecular flexibility index (Phi) is 3.98. The molecule has 0 radical (unpaired) electrons. The Morgan fingerprint density at radius 3 is 3.00 bits per heavy atom. The van der Waals surface area contributed by atoms with Gasteiger partial charge >= 0.3 is 0 Å². The highest BCUT2D eigenvalue weighted by Gasteiger charge is 2.25. The van der Waals surface area contributed by atoms with Crippen molar-refractivity contribution < 1.29 is 9.53 Å². The lowest BCUT2D eigenvalue weighted by molar-refractivity contribution is 0.0937. The monoisotopic (exact) mass is 333 g/mol. The van der Waals surface area contributed by atoms with E-state index in [-0.39, 0.29) is 11.9 Å². The minimum atomic E-state index is -0.117. The molecule has 0 spiro atoms. The van der Waals surface area contributed by atoms with Gasteiger partial charge in [-0.2, -0.15) is 5.10 Å². The largest absolute Gasteiger partial charge is 0.497 e. The summed E-state index contributed by atoms with van der Waals surface area (Å²) >= 11 is 0. The van der Waals surface area contributed by atoms with Crippen molar-refractivity contribution in [1.82, 2.24) is 15.5 Å². The molecule has 25 heavy (non-hydrogen) atoms. The quantitative estimate of drug-likeness (QED) is 0.768. The summed E-state index contributed by atoms with van der Waals surface area (Å²) in [6.07, 6.45) is 3.50. The molecule has 5 nitrogen and oxygen atoms in total. The lowest BCUT2D eigenvalue weighted by Crippen LogP contribution is -2.27. The maximum Gasteiger partial charge on any atom is 0.255 e. The third-order valence-corrected chi connectivity index (χ3v) is 4.68. The van der Waals surface area contributed by atoms with Crippen LogP contribution < -0.4 is 10.1 Å². The number of methoxy groups -OCH3 is 1. The first kappa shape index (κ1) is 15.4. The Hall–Kier alpha value is -3.08. The number of fused-ring (bicyclic) bond motifs is 1. The summed E-state index contributed by atoms with van der Waals surface area (Å²) in [4.78, 5) is 12.8.